The van der Waals surface area contributed by atoms with Crippen molar-refractivity contribution >= 4 is 12.6 Å². The predicted molar refractivity (Wildman–Crippen MR) is 74.5 cm³/mol. The maximum atomic E-state index is 11.2. The number of rotatable bonds is 3. The molecule has 1 aliphatic rings. The summed E-state index contributed by atoms with van der Waals surface area (Å²) in [5.74, 6) is 0.256. The van der Waals surface area contributed by atoms with Crippen LogP contribution in [0.4, 0.5) is 0 Å². The Labute approximate surface area is 112 Å². The number of carbonyl (C=O) groups is 2. The van der Waals surface area contributed by atoms with Gasteiger partial charge in [0.2, 0.25) is 0 Å². The number of hydrogen-bond acceptors (Lipinski definition) is 2. The first-order valence-electron chi connectivity index (χ1n) is 7.65. The summed E-state index contributed by atoms with van der Waals surface area (Å²) in [5.41, 5.74) is -0.746. The molecule has 0 bridgehead atoms. The van der Waals surface area contributed by atoms with Crippen molar-refractivity contribution in [2.24, 2.45) is 11.3 Å². The zero-order valence-corrected chi connectivity index (χ0v) is 11.8. The van der Waals surface area contributed by atoms with Crippen molar-refractivity contribution in [2.45, 2.75) is 77.6 Å². The van der Waals surface area contributed by atoms with E-state index in [2.05, 4.69) is 0 Å². The minimum Gasteiger partial charge on any atom is -0.302 e. The van der Waals surface area contributed by atoms with Gasteiger partial charge in [-0.05, 0) is 25.7 Å². The van der Waals surface area contributed by atoms with Crippen molar-refractivity contribution < 1.29 is 9.59 Å². The van der Waals surface area contributed by atoms with Crippen LogP contribution in [0.15, 0.2) is 0 Å². The maximum Gasteiger partial charge on any atom is 0.133 e. The van der Waals surface area contributed by atoms with Crippen LogP contribution in [0.2, 0.25) is 0 Å². The first-order valence-corrected chi connectivity index (χ1v) is 7.65. The molecule has 0 amide bonds. The van der Waals surface area contributed by atoms with Gasteiger partial charge in [-0.25, -0.2) is 0 Å². The smallest absolute Gasteiger partial charge is 0.133 e. The molecule has 104 valence electrons. The van der Waals surface area contributed by atoms with Gasteiger partial charge in [0, 0.05) is 0 Å². The average molecular weight is 252 g/mol. The fraction of sp³-hybridized carbons (Fsp3) is 0.875. The van der Waals surface area contributed by atoms with E-state index in [0.717, 1.165) is 25.4 Å². The zero-order chi connectivity index (χ0) is 13.3. The summed E-state index contributed by atoms with van der Waals surface area (Å²) >= 11 is 0. The molecule has 0 aromatic rings. The van der Waals surface area contributed by atoms with Crippen LogP contribution in [0.1, 0.15) is 77.6 Å². The minimum absolute atomic E-state index is 0.256. The quantitative estimate of drug-likeness (QED) is 0.554. The molecule has 0 radical (unpaired) electrons. The van der Waals surface area contributed by atoms with Crippen molar-refractivity contribution in [3.8, 4) is 0 Å². The molecule has 0 unspecified atom stereocenters. The summed E-state index contributed by atoms with van der Waals surface area (Å²) in [6.45, 7) is 1.81. The number of carbonyl (C=O) groups excluding carboxylic acids is 2. The molecule has 1 saturated carbocycles. The Hall–Kier alpha value is -0.660. The highest BCUT2D eigenvalue weighted by Crippen LogP contribution is 2.33. The SMILES string of the molecule is CC(C=O)(C=O)C1CCCCCCCCCCC1. The number of hydrogen-bond donors (Lipinski definition) is 0. The van der Waals surface area contributed by atoms with Crippen LogP contribution in [0.3, 0.4) is 0 Å². The molecule has 18 heavy (non-hydrogen) atoms. The molecule has 2 nitrogen and oxygen atoms in total. The Morgan fingerprint density at radius 1 is 0.722 bits per heavy atom. The van der Waals surface area contributed by atoms with E-state index in [1.807, 2.05) is 6.92 Å². The van der Waals surface area contributed by atoms with Gasteiger partial charge in [0.1, 0.15) is 12.6 Å². The molecular formula is C16H28O2. The summed E-state index contributed by atoms with van der Waals surface area (Å²) < 4.78 is 0. The van der Waals surface area contributed by atoms with Gasteiger partial charge in [-0.15, -0.1) is 0 Å². The van der Waals surface area contributed by atoms with Crippen LogP contribution in [-0.2, 0) is 9.59 Å². The molecule has 0 N–H and O–H groups in total. The van der Waals surface area contributed by atoms with Gasteiger partial charge in [-0.2, -0.15) is 0 Å². The molecule has 0 heterocycles. The molecule has 1 rings (SSSR count). The third-order valence-electron chi connectivity index (χ3n) is 4.49. The summed E-state index contributed by atoms with van der Waals surface area (Å²) in [7, 11) is 0. The summed E-state index contributed by atoms with van der Waals surface area (Å²) in [5, 5.41) is 0. The molecule has 0 aromatic carbocycles. The van der Waals surface area contributed by atoms with Crippen molar-refractivity contribution in [3.63, 3.8) is 0 Å². The second-order valence-electron chi connectivity index (χ2n) is 6.06. The predicted octanol–water partition coefficient (Wildman–Crippen LogP) is 4.31. The van der Waals surface area contributed by atoms with E-state index < -0.39 is 5.41 Å². The fourth-order valence-corrected chi connectivity index (χ4v) is 3.01. The Morgan fingerprint density at radius 2 is 1.06 bits per heavy atom. The third-order valence-corrected chi connectivity index (χ3v) is 4.49. The molecule has 0 aliphatic heterocycles. The van der Waals surface area contributed by atoms with Crippen molar-refractivity contribution in [1.82, 2.24) is 0 Å². The van der Waals surface area contributed by atoms with Crippen LogP contribution in [0, 0.1) is 11.3 Å². The highest BCUT2D eigenvalue weighted by atomic mass is 16.1. The minimum atomic E-state index is -0.746. The van der Waals surface area contributed by atoms with Crippen LogP contribution in [0.5, 0.6) is 0 Å². The van der Waals surface area contributed by atoms with Gasteiger partial charge >= 0.3 is 0 Å². The Balaban J connectivity index is 2.55. The number of aldehydes is 2. The Kier molecular flexibility index (Phi) is 7.22. The molecule has 1 fully saturated rings. The maximum absolute atomic E-state index is 11.2. The topological polar surface area (TPSA) is 34.1 Å². The summed E-state index contributed by atoms with van der Waals surface area (Å²) in [6, 6.07) is 0. The lowest BCUT2D eigenvalue weighted by Crippen LogP contribution is -2.31. The van der Waals surface area contributed by atoms with E-state index in [-0.39, 0.29) is 5.92 Å². The van der Waals surface area contributed by atoms with E-state index in [9.17, 15) is 9.59 Å². The highest BCUT2D eigenvalue weighted by molar-refractivity contribution is 5.83. The zero-order valence-electron chi connectivity index (χ0n) is 11.8. The molecule has 0 atom stereocenters. The molecule has 0 aromatic heterocycles. The lowest BCUT2D eigenvalue weighted by molar-refractivity contribution is -0.129. The standard InChI is InChI=1S/C16H28O2/c1-16(13-17,14-18)15-11-9-7-5-3-2-4-6-8-10-12-15/h13-15H,2-12H2,1H3. The molecule has 0 saturated heterocycles. The highest BCUT2D eigenvalue weighted by Gasteiger charge is 2.32. The second kappa shape index (κ2) is 8.44. The summed E-state index contributed by atoms with van der Waals surface area (Å²) in [6.07, 6.45) is 15.4. The fourth-order valence-electron chi connectivity index (χ4n) is 3.01. The van der Waals surface area contributed by atoms with Gasteiger partial charge in [-0.1, -0.05) is 57.8 Å². The molecular weight excluding hydrogens is 224 g/mol. The Morgan fingerprint density at radius 3 is 1.39 bits per heavy atom. The normalized spacial score (nSPS) is 21.6. The van der Waals surface area contributed by atoms with E-state index in [1.54, 1.807) is 0 Å². The van der Waals surface area contributed by atoms with Crippen LogP contribution in [0.25, 0.3) is 0 Å². The molecule has 0 spiro atoms. The van der Waals surface area contributed by atoms with Crippen molar-refractivity contribution in [3.05, 3.63) is 0 Å². The first kappa shape index (κ1) is 15.4. The van der Waals surface area contributed by atoms with Gasteiger partial charge < -0.3 is 9.59 Å². The van der Waals surface area contributed by atoms with Gasteiger partial charge in [-0.3, -0.25) is 0 Å². The largest absolute Gasteiger partial charge is 0.302 e. The second-order valence-corrected chi connectivity index (χ2v) is 6.06. The summed E-state index contributed by atoms with van der Waals surface area (Å²) in [4.78, 5) is 22.4. The Bertz CT molecular complexity index is 227. The van der Waals surface area contributed by atoms with Crippen LogP contribution < -0.4 is 0 Å². The van der Waals surface area contributed by atoms with E-state index in [4.69, 9.17) is 0 Å². The lowest BCUT2D eigenvalue weighted by Gasteiger charge is -2.28. The van der Waals surface area contributed by atoms with E-state index >= 15 is 0 Å². The van der Waals surface area contributed by atoms with Gasteiger partial charge in [0.25, 0.3) is 0 Å². The third kappa shape index (κ3) is 4.91. The first-order chi connectivity index (χ1) is 8.73. The van der Waals surface area contributed by atoms with E-state index in [0.29, 0.717) is 0 Å². The van der Waals surface area contributed by atoms with Gasteiger partial charge in [0.05, 0.1) is 5.41 Å². The van der Waals surface area contributed by atoms with Crippen molar-refractivity contribution in [2.75, 3.05) is 0 Å². The average Bonchev–Trinajstić information content (AvgIpc) is 2.38. The van der Waals surface area contributed by atoms with E-state index in [1.165, 1.54) is 57.8 Å². The monoisotopic (exact) mass is 252 g/mol. The molecule has 1 aliphatic carbocycles. The van der Waals surface area contributed by atoms with Gasteiger partial charge in [0.15, 0.2) is 0 Å². The lowest BCUT2D eigenvalue weighted by atomic mass is 9.74. The van der Waals surface area contributed by atoms with Crippen LogP contribution in [-0.4, -0.2) is 12.6 Å². The van der Waals surface area contributed by atoms with Crippen LogP contribution >= 0.6 is 0 Å². The molecule has 2 heteroatoms. The van der Waals surface area contributed by atoms with Crippen molar-refractivity contribution in [1.29, 1.82) is 0 Å².